The normalized spacial score (nSPS) is 35.0. The molecule has 5 aliphatic rings. The summed E-state index contributed by atoms with van der Waals surface area (Å²) in [7, 11) is 0. The Balaban J connectivity index is 1.16. The maximum atomic E-state index is 10.6. The fraction of sp³-hybridized carbons (Fsp3) is 0.833. The van der Waals surface area contributed by atoms with Crippen molar-refractivity contribution in [3.8, 4) is 5.88 Å². The Kier molecular flexibility index (Phi) is 7.83. The number of ether oxygens (including phenoxy) is 1. The summed E-state index contributed by atoms with van der Waals surface area (Å²) in [5, 5.41) is 29.1. The average Bonchev–Trinajstić information content (AvgIpc) is 3.37. The van der Waals surface area contributed by atoms with Gasteiger partial charge in [-0.1, -0.05) is 25.8 Å². The highest BCUT2D eigenvalue weighted by atomic mass is 16.5. The van der Waals surface area contributed by atoms with E-state index in [-0.39, 0.29) is 12.2 Å². The van der Waals surface area contributed by atoms with Crippen LogP contribution in [0.3, 0.4) is 0 Å². The zero-order valence-corrected chi connectivity index (χ0v) is 22.6. The molecule has 6 rings (SSSR count). The predicted molar refractivity (Wildman–Crippen MR) is 145 cm³/mol. The Bertz CT molecular complexity index is 920. The molecular formula is C30H48N4O3. The van der Waals surface area contributed by atoms with E-state index in [4.69, 9.17) is 9.84 Å². The average molecular weight is 513 g/mol. The second-order valence-electron chi connectivity index (χ2n) is 13.0. The molecule has 4 saturated carbocycles. The molecule has 1 aliphatic heterocycles. The highest BCUT2D eigenvalue weighted by Gasteiger charge is 2.50. The summed E-state index contributed by atoms with van der Waals surface area (Å²) in [5.41, 5.74) is 1.93. The number of aliphatic hydroxyl groups is 2. The summed E-state index contributed by atoms with van der Waals surface area (Å²) in [6.45, 7) is 8.86. The standard InChI is InChI=1S/C30H48N4O3/c1-20(32-29-24-14-22-13-23(16-24)27(29)17-26(36)15-22)28-18-31-34(12-11-33-9-7-25(35)8-10-33)30(28)37-19-21-5-3-2-4-6-21/h18,21-27,29,32,35-36H,1-17,19H2/t22?,23?,24?,26-,27?,29?/m0/s1. The molecule has 1 saturated heterocycles. The van der Waals surface area contributed by atoms with Crippen molar-refractivity contribution in [1.29, 1.82) is 0 Å². The van der Waals surface area contributed by atoms with Crippen LogP contribution in [0.15, 0.2) is 12.8 Å². The van der Waals surface area contributed by atoms with Gasteiger partial charge in [-0.3, -0.25) is 0 Å². The van der Waals surface area contributed by atoms with E-state index in [0.29, 0.717) is 29.7 Å². The van der Waals surface area contributed by atoms with Crippen molar-refractivity contribution >= 4 is 5.70 Å². The van der Waals surface area contributed by atoms with Gasteiger partial charge in [-0.2, -0.15) is 5.10 Å². The lowest BCUT2D eigenvalue weighted by Crippen LogP contribution is -2.39. The molecule has 0 radical (unpaired) electrons. The number of hydrogen-bond acceptors (Lipinski definition) is 6. The fourth-order valence-corrected chi connectivity index (χ4v) is 8.47. The SMILES string of the molecule is C=C(NC1C2CC3CC(C2)C1C[C@@H](O)C3)c1cnn(CCN2CCC(O)CC2)c1OCC1CCCCC1. The van der Waals surface area contributed by atoms with Crippen LogP contribution in [-0.2, 0) is 6.54 Å². The lowest BCUT2D eigenvalue weighted by Gasteiger charge is -2.32. The van der Waals surface area contributed by atoms with Gasteiger partial charge in [0.15, 0.2) is 0 Å². The maximum absolute atomic E-state index is 10.6. The van der Waals surface area contributed by atoms with Crippen molar-refractivity contribution in [2.24, 2.45) is 29.6 Å². The molecule has 0 spiro atoms. The monoisotopic (exact) mass is 512 g/mol. The van der Waals surface area contributed by atoms with Crippen molar-refractivity contribution in [1.82, 2.24) is 20.0 Å². The van der Waals surface area contributed by atoms with Crippen LogP contribution in [0.4, 0.5) is 0 Å². The third kappa shape index (κ3) is 5.74. The van der Waals surface area contributed by atoms with Crippen LogP contribution >= 0.6 is 0 Å². The van der Waals surface area contributed by atoms with E-state index in [1.54, 1.807) is 0 Å². The minimum absolute atomic E-state index is 0.146. The summed E-state index contributed by atoms with van der Waals surface area (Å²) in [6.07, 6.45) is 15.6. The number of nitrogens with one attached hydrogen (secondary N) is 1. The molecule has 0 amide bonds. The first kappa shape index (κ1) is 25.7. The number of aliphatic hydroxyl groups excluding tert-OH is 2. The summed E-state index contributed by atoms with van der Waals surface area (Å²) in [6, 6.07) is 0.395. The van der Waals surface area contributed by atoms with E-state index in [0.717, 1.165) is 81.5 Å². The van der Waals surface area contributed by atoms with Gasteiger partial charge >= 0.3 is 0 Å². The van der Waals surface area contributed by atoms with E-state index in [9.17, 15) is 10.2 Å². The number of fused-ring (bicyclic) bond motifs is 2. The Morgan fingerprint density at radius 2 is 1.73 bits per heavy atom. The predicted octanol–water partition coefficient (Wildman–Crippen LogP) is 4.04. The number of nitrogens with zero attached hydrogens (tertiary/aromatic N) is 3. The number of likely N-dealkylation sites (tertiary alicyclic amines) is 1. The van der Waals surface area contributed by atoms with Crippen LogP contribution in [0.1, 0.15) is 82.6 Å². The number of piperidine rings is 1. The van der Waals surface area contributed by atoms with E-state index in [2.05, 4.69) is 16.8 Å². The van der Waals surface area contributed by atoms with Crippen LogP contribution in [0.25, 0.3) is 5.70 Å². The third-order valence-corrected chi connectivity index (χ3v) is 10.4. The van der Waals surface area contributed by atoms with Gasteiger partial charge < -0.3 is 25.2 Å². The van der Waals surface area contributed by atoms with Crippen LogP contribution in [0, 0.1) is 29.6 Å². The van der Waals surface area contributed by atoms with Crippen LogP contribution in [0.2, 0.25) is 0 Å². The van der Waals surface area contributed by atoms with Crippen LogP contribution < -0.4 is 10.1 Å². The van der Waals surface area contributed by atoms with Gasteiger partial charge in [-0.15, -0.1) is 0 Å². The molecule has 0 aromatic carbocycles. The summed E-state index contributed by atoms with van der Waals surface area (Å²) < 4.78 is 8.62. The van der Waals surface area contributed by atoms with Crippen molar-refractivity contribution in [3.05, 3.63) is 18.3 Å². The molecule has 6 atom stereocenters. The van der Waals surface area contributed by atoms with Crippen molar-refractivity contribution < 1.29 is 14.9 Å². The Morgan fingerprint density at radius 3 is 2.54 bits per heavy atom. The van der Waals surface area contributed by atoms with E-state index in [1.165, 1.54) is 51.4 Å². The first-order chi connectivity index (χ1) is 18.0. The highest BCUT2D eigenvalue weighted by molar-refractivity contribution is 5.65. The third-order valence-electron chi connectivity index (χ3n) is 10.4. The topological polar surface area (TPSA) is 82.8 Å². The molecular weight excluding hydrogens is 464 g/mol. The first-order valence-corrected chi connectivity index (χ1v) is 15.3. The minimum Gasteiger partial charge on any atom is -0.477 e. The summed E-state index contributed by atoms with van der Waals surface area (Å²) >= 11 is 0. The van der Waals surface area contributed by atoms with Crippen molar-refractivity contribution in [2.75, 3.05) is 26.2 Å². The second-order valence-corrected chi connectivity index (χ2v) is 13.0. The molecule has 4 aliphatic carbocycles. The highest BCUT2D eigenvalue weighted by Crippen LogP contribution is 2.54. The minimum atomic E-state index is -0.148. The van der Waals surface area contributed by atoms with Gasteiger partial charge in [0.1, 0.15) is 0 Å². The summed E-state index contributed by atoms with van der Waals surface area (Å²) in [4.78, 5) is 2.43. The molecule has 5 unspecified atom stereocenters. The van der Waals surface area contributed by atoms with Gasteiger partial charge in [-0.25, -0.2) is 4.68 Å². The number of aromatic nitrogens is 2. The second kappa shape index (κ2) is 11.3. The molecule has 206 valence electrons. The van der Waals surface area contributed by atoms with Gasteiger partial charge in [0.05, 0.1) is 37.1 Å². The molecule has 1 aromatic rings. The lowest BCUT2D eigenvalue weighted by atomic mass is 9.79. The Labute approximate surface area is 222 Å². The Morgan fingerprint density at radius 1 is 0.946 bits per heavy atom. The molecule has 7 heteroatoms. The first-order valence-electron chi connectivity index (χ1n) is 15.3. The largest absolute Gasteiger partial charge is 0.477 e. The molecule has 5 fully saturated rings. The van der Waals surface area contributed by atoms with Gasteiger partial charge in [0.25, 0.3) is 0 Å². The van der Waals surface area contributed by atoms with Gasteiger partial charge in [0, 0.05) is 31.4 Å². The molecule has 1 aromatic heterocycles. The molecule has 3 N–H and O–H groups in total. The Hall–Kier alpha value is -1.57. The van der Waals surface area contributed by atoms with E-state index >= 15 is 0 Å². The van der Waals surface area contributed by atoms with Crippen LogP contribution in [0.5, 0.6) is 5.88 Å². The maximum Gasteiger partial charge on any atom is 0.221 e. The summed E-state index contributed by atoms with van der Waals surface area (Å²) in [5.74, 6) is 4.16. The number of rotatable bonds is 9. The van der Waals surface area contributed by atoms with Crippen molar-refractivity contribution in [3.63, 3.8) is 0 Å². The molecule has 3 bridgehead atoms. The van der Waals surface area contributed by atoms with Gasteiger partial charge in [-0.05, 0) is 87.4 Å². The number of hydrogen-bond donors (Lipinski definition) is 3. The lowest BCUT2D eigenvalue weighted by molar-refractivity contribution is 0.0797. The quantitative estimate of drug-likeness (QED) is 0.463. The van der Waals surface area contributed by atoms with Crippen molar-refractivity contribution in [2.45, 2.75) is 102 Å². The van der Waals surface area contributed by atoms with E-state index < -0.39 is 0 Å². The smallest absolute Gasteiger partial charge is 0.221 e. The molecule has 7 nitrogen and oxygen atoms in total. The molecule has 2 heterocycles. The van der Waals surface area contributed by atoms with Crippen LogP contribution in [-0.4, -0.2) is 69.4 Å². The fourth-order valence-electron chi connectivity index (χ4n) is 8.47. The molecule has 37 heavy (non-hydrogen) atoms. The van der Waals surface area contributed by atoms with Gasteiger partial charge in [0.2, 0.25) is 5.88 Å². The van der Waals surface area contributed by atoms with E-state index in [1.807, 2.05) is 10.9 Å². The zero-order chi connectivity index (χ0) is 25.4. The zero-order valence-electron chi connectivity index (χ0n) is 22.6.